The van der Waals surface area contributed by atoms with E-state index in [0.29, 0.717) is 11.1 Å². The van der Waals surface area contributed by atoms with Gasteiger partial charge < -0.3 is 4.74 Å². The van der Waals surface area contributed by atoms with Gasteiger partial charge in [-0.15, -0.1) is 0 Å². The molecule has 4 nitrogen and oxygen atoms in total. The van der Waals surface area contributed by atoms with Gasteiger partial charge in [0.1, 0.15) is 5.57 Å². The van der Waals surface area contributed by atoms with Crippen molar-refractivity contribution in [3.05, 3.63) is 41.0 Å². The summed E-state index contributed by atoms with van der Waals surface area (Å²) in [6.07, 6.45) is 1.39. The van der Waals surface area contributed by atoms with Gasteiger partial charge in [0.15, 0.2) is 5.78 Å². The van der Waals surface area contributed by atoms with Crippen molar-refractivity contribution in [1.82, 2.24) is 0 Å². The van der Waals surface area contributed by atoms with Crippen molar-refractivity contribution in [3.63, 3.8) is 0 Å². The number of nitrogens with zero attached hydrogens (tertiary/aromatic N) is 1. The Bertz CT molecular complexity index is 538. The maximum Gasteiger partial charge on any atom is 0.341 e. The maximum absolute atomic E-state index is 11.6. The number of hydrogen-bond acceptors (Lipinski definition) is 4. The van der Waals surface area contributed by atoms with E-state index in [2.05, 4.69) is 0 Å². The van der Waals surface area contributed by atoms with Gasteiger partial charge in [-0.2, -0.15) is 5.26 Å². The Labute approximate surface area is 105 Å². The lowest BCUT2D eigenvalue weighted by atomic mass is 10.0. The fourth-order valence-electron chi connectivity index (χ4n) is 1.39. The second-order valence-corrected chi connectivity index (χ2v) is 3.53. The molecule has 0 aliphatic carbocycles. The summed E-state index contributed by atoms with van der Waals surface area (Å²) in [5.74, 6) is -1.06. The van der Waals surface area contributed by atoms with Crippen molar-refractivity contribution in [2.75, 3.05) is 6.61 Å². The van der Waals surface area contributed by atoms with E-state index in [4.69, 9.17) is 10.00 Å². The number of ketones is 1. The zero-order valence-electron chi connectivity index (χ0n) is 10.3. The molecule has 0 saturated heterocycles. The van der Waals surface area contributed by atoms with Crippen molar-refractivity contribution in [1.29, 1.82) is 5.26 Å². The molecule has 0 amide bonds. The molecule has 0 aromatic heterocycles. The Balaban J connectivity index is 3.21. The number of carbonyl (C=O) groups is 2. The van der Waals surface area contributed by atoms with Gasteiger partial charge >= 0.3 is 5.97 Å². The van der Waals surface area contributed by atoms with Crippen LogP contribution in [0.15, 0.2) is 29.8 Å². The molecule has 0 bridgehead atoms. The molecule has 0 aliphatic rings. The van der Waals surface area contributed by atoms with Gasteiger partial charge in [-0.05, 0) is 31.6 Å². The van der Waals surface area contributed by atoms with Crippen molar-refractivity contribution in [2.45, 2.75) is 13.8 Å². The highest BCUT2D eigenvalue weighted by molar-refractivity contribution is 6.19. The van der Waals surface area contributed by atoms with Gasteiger partial charge in [0, 0.05) is 0 Å². The average Bonchev–Trinajstić information content (AvgIpc) is 2.36. The second-order valence-electron chi connectivity index (χ2n) is 3.53. The molecule has 92 valence electrons. The van der Waals surface area contributed by atoms with E-state index in [1.165, 1.54) is 13.0 Å². The van der Waals surface area contributed by atoms with Crippen LogP contribution in [0.4, 0.5) is 0 Å². The van der Waals surface area contributed by atoms with E-state index in [9.17, 15) is 9.59 Å². The molecule has 0 fully saturated rings. The highest BCUT2D eigenvalue weighted by Gasteiger charge is 2.16. The van der Waals surface area contributed by atoms with Gasteiger partial charge in [0.25, 0.3) is 0 Å². The van der Waals surface area contributed by atoms with E-state index in [1.54, 1.807) is 31.2 Å². The Morgan fingerprint density at radius 2 is 2.06 bits per heavy atom. The summed E-state index contributed by atoms with van der Waals surface area (Å²) in [5, 5.41) is 8.93. The van der Waals surface area contributed by atoms with Crippen LogP contribution in [0.5, 0.6) is 0 Å². The highest BCUT2D eigenvalue weighted by Crippen LogP contribution is 2.14. The van der Waals surface area contributed by atoms with Crippen LogP contribution >= 0.6 is 0 Å². The minimum atomic E-state index is -0.669. The minimum absolute atomic E-state index is 0.0560. The maximum atomic E-state index is 11.6. The monoisotopic (exact) mass is 243 g/mol. The molecule has 0 aliphatic heterocycles. The van der Waals surface area contributed by atoms with Gasteiger partial charge in [-0.1, -0.05) is 18.2 Å². The average molecular weight is 243 g/mol. The van der Waals surface area contributed by atoms with E-state index in [1.807, 2.05) is 6.07 Å². The van der Waals surface area contributed by atoms with E-state index < -0.39 is 5.97 Å². The smallest absolute Gasteiger partial charge is 0.341 e. The summed E-state index contributed by atoms with van der Waals surface area (Å²) in [6.45, 7) is 3.15. The number of rotatable bonds is 4. The number of benzene rings is 1. The second kappa shape index (κ2) is 6.36. The predicted molar refractivity (Wildman–Crippen MR) is 66.4 cm³/mol. The van der Waals surface area contributed by atoms with Crippen LogP contribution in [0.1, 0.15) is 25.0 Å². The van der Waals surface area contributed by atoms with E-state index in [0.717, 1.165) is 0 Å². The summed E-state index contributed by atoms with van der Waals surface area (Å²) in [6, 6.07) is 8.74. The van der Waals surface area contributed by atoms with Gasteiger partial charge in [-0.25, -0.2) is 4.79 Å². The Hall–Kier alpha value is -2.41. The van der Waals surface area contributed by atoms with Crippen molar-refractivity contribution in [2.24, 2.45) is 0 Å². The third-order valence-corrected chi connectivity index (χ3v) is 2.26. The molecule has 4 heteroatoms. The van der Waals surface area contributed by atoms with Crippen LogP contribution in [0, 0.1) is 11.3 Å². The summed E-state index contributed by atoms with van der Waals surface area (Å²) in [7, 11) is 0. The molecule has 0 saturated carbocycles. The number of ether oxygens (including phenoxy) is 1. The quantitative estimate of drug-likeness (QED) is 0.351. The lowest BCUT2D eigenvalue weighted by Gasteiger charge is -2.04. The van der Waals surface area contributed by atoms with Crippen molar-refractivity contribution < 1.29 is 14.3 Å². The summed E-state index contributed by atoms with van der Waals surface area (Å²) < 4.78 is 4.80. The third-order valence-electron chi connectivity index (χ3n) is 2.26. The Kier molecular flexibility index (Phi) is 4.82. The van der Waals surface area contributed by atoms with Crippen LogP contribution in [-0.4, -0.2) is 18.4 Å². The Morgan fingerprint density at radius 3 is 2.61 bits per heavy atom. The normalized spacial score (nSPS) is 10.6. The van der Waals surface area contributed by atoms with Crippen LogP contribution < -0.4 is 0 Å². The molecular formula is C14H13NO3. The molecular weight excluding hydrogens is 230 g/mol. The first-order valence-corrected chi connectivity index (χ1v) is 5.49. The van der Waals surface area contributed by atoms with Crippen molar-refractivity contribution >= 4 is 17.8 Å². The van der Waals surface area contributed by atoms with Crippen LogP contribution in [0.25, 0.3) is 6.08 Å². The predicted octanol–water partition coefficient (Wildman–Crippen LogP) is 2.09. The number of hydrogen-bond donors (Lipinski definition) is 0. The lowest BCUT2D eigenvalue weighted by Crippen LogP contribution is -2.13. The topological polar surface area (TPSA) is 67.2 Å². The zero-order chi connectivity index (χ0) is 13.5. The molecule has 18 heavy (non-hydrogen) atoms. The van der Waals surface area contributed by atoms with Crippen LogP contribution in [0.3, 0.4) is 0 Å². The number of nitriles is 1. The molecule has 0 spiro atoms. The molecule has 1 rings (SSSR count). The first kappa shape index (κ1) is 13.7. The fraction of sp³-hybridized carbons (Fsp3) is 0.214. The number of esters is 1. The lowest BCUT2D eigenvalue weighted by molar-refractivity contribution is -0.139. The molecule has 1 aromatic rings. The van der Waals surface area contributed by atoms with Gasteiger partial charge in [0.05, 0.1) is 18.2 Å². The minimum Gasteiger partial charge on any atom is -0.462 e. The first-order valence-electron chi connectivity index (χ1n) is 5.49. The fourth-order valence-corrected chi connectivity index (χ4v) is 1.39. The standard InChI is InChI=1S/C14H13NO3/c1-3-18-14(17)13(10(2)16)8-11-6-4-5-7-12(11)9-15/h4-8H,3H2,1-2H3/b13-8-. The number of Topliss-reactive ketones (excluding diaryl/α,β-unsaturated/α-hetero) is 1. The van der Waals surface area contributed by atoms with Gasteiger partial charge in [-0.3, -0.25) is 4.79 Å². The van der Waals surface area contributed by atoms with Crippen LogP contribution in [-0.2, 0) is 14.3 Å². The van der Waals surface area contributed by atoms with Gasteiger partial charge in [0.2, 0.25) is 0 Å². The molecule has 0 radical (unpaired) electrons. The van der Waals surface area contributed by atoms with Crippen LogP contribution in [0.2, 0.25) is 0 Å². The highest BCUT2D eigenvalue weighted by atomic mass is 16.5. The summed E-state index contributed by atoms with van der Waals surface area (Å²) in [5.41, 5.74) is 0.873. The zero-order valence-corrected chi connectivity index (χ0v) is 10.3. The summed E-state index contributed by atoms with van der Waals surface area (Å²) in [4.78, 5) is 23.0. The van der Waals surface area contributed by atoms with E-state index >= 15 is 0 Å². The van der Waals surface area contributed by atoms with Crippen molar-refractivity contribution in [3.8, 4) is 6.07 Å². The Morgan fingerprint density at radius 1 is 1.39 bits per heavy atom. The third kappa shape index (κ3) is 3.29. The molecule has 0 N–H and O–H groups in total. The largest absolute Gasteiger partial charge is 0.462 e. The van der Waals surface area contributed by atoms with E-state index in [-0.39, 0.29) is 18.0 Å². The number of carbonyl (C=O) groups excluding carboxylic acids is 2. The summed E-state index contributed by atoms with van der Waals surface area (Å²) >= 11 is 0. The molecule has 0 unspecified atom stereocenters. The SMILES string of the molecule is CCOC(=O)/C(=C\c1ccccc1C#N)C(C)=O. The first-order chi connectivity index (χ1) is 8.60. The molecule has 0 heterocycles. The molecule has 1 aromatic carbocycles. The molecule has 0 atom stereocenters.